The SMILES string of the molecule is Clc1ccc(Cc2nc3cccnc3n2C2CC2)cc1. The van der Waals surface area contributed by atoms with Crippen molar-refractivity contribution in [3.63, 3.8) is 0 Å². The van der Waals surface area contributed by atoms with Gasteiger partial charge in [-0.25, -0.2) is 9.97 Å². The van der Waals surface area contributed by atoms with Crippen LogP contribution in [-0.4, -0.2) is 14.5 Å². The van der Waals surface area contributed by atoms with Gasteiger partial charge in [0.2, 0.25) is 0 Å². The molecule has 1 saturated carbocycles. The predicted molar refractivity (Wildman–Crippen MR) is 80.1 cm³/mol. The number of benzene rings is 1. The zero-order valence-corrected chi connectivity index (χ0v) is 11.7. The van der Waals surface area contributed by atoms with E-state index in [0.717, 1.165) is 28.4 Å². The third-order valence-electron chi connectivity index (χ3n) is 3.71. The molecule has 0 bridgehead atoms. The lowest BCUT2D eigenvalue weighted by Gasteiger charge is -2.07. The first-order valence-electron chi connectivity index (χ1n) is 6.87. The monoisotopic (exact) mass is 283 g/mol. The first kappa shape index (κ1) is 11.9. The first-order valence-corrected chi connectivity index (χ1v) is 7.25. The second-order valence-electron chi connectivity index (χ2n) is 5.28. The topological polar surface area (TPSA) is 30.7 Å². The van der Waals surface area contributed by atoms with Gasteiger partial charge in [0, 0.05) is 23.7 Å². The van der Waals surface area contributed by atoms with Crippen LogP contribution in [0.25, 0.3) is 11.2 Å². The number of halogens is 1. The van der Waals surface area contributed by atoms with Gasteiger partial charge >= 0.3 is 0 Å². The Kier molecular flexibility index (Phi) is 2.74. The highest BCUT2D eigenvalue weighted by Crippen LogP contribution is 2.38. The summed E-state index contributed by atoms with van der Waals surface area (Å²) in [6, 6.07) is 12.5. The zero-order chi connectivity index (χ0) is 13.5. The van der Waals surface area contributed by atoms with Crippen LogP contribution in [0.3, 0.4) is 0 Å². The van der Waals surface area contributed by atoms with E-state index in [1.807, 2.05) is 30.5 Å². The Morgan fingerprint density at radius 3 is 2.70 bits per heavy atom. The second kappa shape index (κ2) is 4.60. The van der Waals surface area contributed by atoms with Crippen molar-refractivity contribution in [3.8, 4) is 0 Å². The second-order valence-corrected chi connectivity index (χ2v) is 5.72. The Morgan fingerprint density at radius 2 is 1.95 bits per heavy atom. The molecule has 100 valence electrons. The van der Waals surface area contributed by atoms with Gasteiger partial charge in [0.25, 0.3) is 0 Å². The van der Waals surface area contributed by atoms with Crippen molar-refractivity contribution in [2.24, 2.45) is 0 Å². The Balaban J connectivity index is 1.78. The molecule has 0 radical (unpaired) electrons. The summed E-state index contributed by atoms with van der Waals surface area (Å²) in [5, 5.41) is 0.770. The molecule has 2 heterocycles. The zero-order valence-electron chi connectivity index (χ0n) is 11.0. The van der Waals surface area contributed by atoms with Crippen LogP contribution in [0.15, 0.2) is 42.6 Å². The summed E-state index contributed by atoms with van der Waals surface area (Å²) in [7, 11) is 0. The molecule has 1 aliphatic rings. The van der Waals surface area contributed by atoms with Crippen LogP contribution in [0.4, 0.5) is 0 Å². The summed E-state index contributed by atoms with van der Waals surface area (Å²) in [6.07, 6.45) is 5.13. The van der Waals surface area contributed by atoms with Crippen LogP contribution < -0.4 is 0 Å². The lowest BCUT2D eigenvalue weighted by Crippen LogP contribution is -2.03. The van der Waals surface area contributed by atoms with Crippen molar-refractivity contribution in [2.75, 3.05) is 0 Å². The molecule has 20 heavy (non-hydrogen) atoms. The van der Waals surface area contributed by atoms with Gasteiger partial charge in [0.15, 0.2) is 5.65 Å². The number of fused-ring (bicyclic) bond motifs is 1. The molecule has 4 rings (SSSR count). The molecular formula is C16H14ClN3. The highest BCUT2D eigenvalue weighted by Gasteiger charge is 2.28. The number of imidazole rings is 1. The van der Waals surface area contributed by atoms with E-state index in [9.17, 15) is 0 Å². The van der Waals surface area contributed by atoms with E-state index in [4.69, 9.17) is 16.6 Å². The quantitative estimate of drug-likeness (QED) is 0.727. The minimum atomic E-state index is 0.581. The lowest BCUT2D eigenvalue weighted by molar-refractivity contribution is 0.709. The van der Waals surface area contributed by atoms with Crippen molar-refractivity contribution in [1.29, 1.82) is 0 Å². The Bertz CT molecular complexity index is 757. The van der Waals surface area contributed by atoms with Gasteiger partial charge in [0.05, 0.1) is 0 Å². The van der Waals surface area contributed by atoms with Gasteiger partial charge in [-0.05, 0) is 42.7 Å². The average molecular weight is 284 g/mol. The molecule has 3 nitrogen and oxygen atoms in total. The van der Waals surface area contributed by atoms with Crippen molar-refractivity contribution in [2.45, 2.75) is 25.3 Å². The van der Waals surface area contributed by atoms with E-state index in [0.29, 0.717) is 6.04 Å². The molecule has 0 amide bonds. The van der Waals surface area contributed by atoms with Gasteiger partial charge < -0.3 is 4.57 Å². The third kappa shape index (κ3) is 2.08. The summed E-state index contributed by atoms with van der Waals surface area (Å²) in [6.45, 7) is 0. The van der Waals surface area contributed by atoms with E-state index in [1.165, 1.54) is 18.4 Å². The van der Waals surface area contributed by atoms with E-state index >= 15 is 0 Å². The molecule has 2 aromatic heterocycles. The Morgan fingerprint density at radius 1 is 1.15 bits per heavy atom. The standard InChI is InChI=1S/C16H14ClN3/c17-12-5-3-11(4-6-12)10-15-19-14-2-1-9-18-16(14)20(15)13-7-8-13/h1-6,9,13H,7-8,10H2. The predicted octanol–water partition coefficient (Wildman–Crippen LogP) is 4.01. The molecule has 4 heteroatoms. The molecule has 3 aromatic rings. The number of nitrogens with zero attached hydrogens (tertiary/aromatic N) is 3. The minimum absolute atomic E-state index is 0.581. The number of rotatable bonds is 3. The van der Waals surface area contributed by atoms with Crippen LogP contribution >= 0.6 is 11.6 Å². The molecule has 0 aliphatic heterocycles. The number of hydrogen-bond donors (Lipinski definition) is 0. The first-order chi connectivity index (χ1) is 9.81. The van der Waals surface area contributed by atoms with Crippen molar-refractivity contribution in [1.82, 2.24) is 14.5 Å². The Hall–Kier alpha value is -1.87. The van der Waals surface area contributed by atoms with Crippen LogP contribution in [0.1, 0.15) is 30.3 Å². The fourth-order valence-corrected chi connectivity index (χ4v) is 2.73. The van der Waals surface area contributed by atoms with Crippen LogP contribution in [0.5, 0.6) is 0 Å². The van der Waals surface area contributed by atoms with E-state index in [1.54, 1.807) is 0 Å². The molecule has 1 fully saturated rings. The van der Waals surface area contributed by atoms with E-state index < -0.39 is 0 Å². The maximum absolute atomic E-state index is 5.94. The lowest BCUT2D eigenvalue weighted by atomic mass is 10.1. The summed E-state index contributed by atoms with van der Waals surface area (Å²) in [4.78, 5) is 9.26. The van der Waals surface area contributed by atoms with Crippen molar-refractivity contribution < 1.29 is 0 Å². The molecule has 1 aliphatic carbocycles. The molecule has 0 atom stereocenters. The highest BCUT2D eigenvalue weighted by molar-refractivity contribution is 6.30. The maximum atomic E-state index is 5.94. The third-order valence-corrected chi connectivity index (χ3v) is 3.96. The average Bonchev–Trinajstić information content (AvgIpc) is 3.23. The smallest absolute Gasteiger partial charge is 0.160 e. The molecule has 1 aromatic carbocycles. The van der Waals surface area contributed by atoms with Crippen LogP contribution in [0.2, 0.25) is 5.02 Å². The fourth-order valence-electron chi connectivity index (χ4n) is 2.60. The van der Waals surface area contributed by atoms with Crippen molar-refractivity contribution >= 4 is 22.8 Å². The molecule has 0 N–H and O–H groups in total. The summed E-state index contributed by atoms with van der Waals surface area (Å²) in [5.74, 6) is 1.10. The number of aromatic nitrogens is 3. The highest BCUT2D eigenvalue weighted by atomic mass is 35.5. The summed E-state index contributed by atoms with van der Waals surface area (Å²) < 4.78 is 2.31. The van der Waals surface area contributed by atoms with Gasteiger partial charge in [-0.3, -0.25) is 0 Å². The number of hydrogen-bond acceptors (Lipinski definition) is 2. The normalized spacial score (nSPS) is 14.8. The van der Waals surface area contributed by atoms with E-state index in [2.05, 4.69) is 21.7 Å². The van der Waals surface area contributed by atoms with E-state index in [-0.39, 0.29) is 0 Å². The number of pyridine rings is 1. The maximum Gasteiger partial charge on any atom is 0.160 e. The molecule has 0 unspecified atom stereocenters. The largest absolute Gasteiger partial charge is 0.309 e. The van der Waals surface area contributed by atoms with Gasteiger partial charge in [-0.15, -0.1) is 0 Å². The molecular weight excluding hydrogens is 270 g/mol. The minimum Gasteiger partial charge on any atom is -0.309 e. The van der Waals surface area contributed by atoms with Gasteiger partial charge in [0.1, 0.15) is 11.3 Å². The summed E-state index contributed by atoms with van der Waals surface area (Å²) in [5.41, 5.74) is 3.23. The fraction of sp³-hybridized carbons (Fsp3) is 0.250. The summed E-state index contributed by atoms with van der Waals surface area (Å²) >= 11 is 5.94. The van der Waals surface area contributed by atoms with Crippen LogP contribution in [-0.2, 0) is 6.42 Å². The van der Waals surface area contributed by atoms with Crippen molar-refractivity contribution in [3.05, 3.63) is 59.0 Å². The van der Waals surface area contributed by atoms with Crippen LogP contribution in [0, 0.1) is 0 Å². The molecule has 0 spiro atoms. The molecule has 0 saturated heterocycles. The van der Waals surface area contributed by atoms with Gasteiger partial charge in [-0.1, -0.05) is 23.7 Å². The van der Waals surface area contributed by atoms with Gasteiger partial charge in [-0.2, -0.15) is 0 Å². The Labute approximate surface area is 122 Å².